The van der Waals surface area contributed by atoms with E-state index in [4.69, 9.17) is 20.8 Å². The van der Waals surface area contributed by atoms with Crippen molar-refractivity contribution in [2.45, 2.75) is 13.0 Å². The molecule has 0 fully saturated rings. The van der Waals surface area contributed by atoms with E-state index in [0.717, 1.165) is 0 Å². The summed E-state index contributed by atoms with van der Waals surface area (Å²) in [5.41, 5.74) is 0. The average Bonchev–Trinajstić information content (AvgIpc) is 2.91. The molecular formula is C14H14ClNO3. The van der Waals surface area contributed by atoms with Gasteiger partial charge in [-0.3, -0.25) is 4.79 Å². The van der Waals surface area contributed by atoms with Crippen LogP contribution in [0.3, 0.4) is 0 Å². The fourth-order valence-electron chi connectivity index (χ4n) is 1.60. The van der Waals surface area contributed by atoms with Crippen LogP contribution < -0.4 is 10.1 Å². The van der Waals surface area contributed by atoms with E-state index in [0.29, 0.717) is 16.5 Å². The fraction of sp³-hybridized carbons (Fsp3) is 0.214. The minimum atomic E-state index is -0.233. The standard InChI is InChI=1S/C14H14ClNO3/c1-10(12-7-4-8-18-12)16-14(17)9-19-13-6-3-2-5-11(13)15/h2-8,10H,9H2,1H3,(H,16,17)/t10-/m1/s1. The summed E-state index contributed by atoms with van der Waals surface area (Å²) in [6.07, 6.45) is 1.57. The van der Waals surface area contributed by atoms with Crippen LogP contribution in [0.2, 0.25) is 5.02 Å². The number of hydrogen-bond donors (Lipinski definition) is 1. The molecule has 1 heterocycles. The molecule has 4 nitrogen and oxygen atoms in total. The second-order valence-electron chi connectivity index (χ2n) is 4.02. The molecule has 0 aliphatic heterocycles. The number of para-hydroxylation sites is 1. The number of carbonyl (C=O) groups is 1. The van der Waals surface area contributed by atoms with Crippen LogP contribution in [-0.2, 0) is 4.79 Å². The van der Waals surface area contributed by atoms with Gasteiger partial charge in [0.1, 0.15) is 11.5 Å². The molecule has 5 heteroatoms. The van der Waals surface area contributed by atoms with Crippen LogP contribution in [0.15, 0.2) is 47.1 Å². The molecule has 0 saturated carbocycles. The Morgan fingerprint density at radius 1 is 1.37 bits per heavy atom. The minimum Gasteiger partial charge on any atom is -0.482 e. The average molecular weight is 280 g/mol. The number of ether oxygens (including phenoxy) is 1. The van der Waals surface area contributed by atoms with Crippen molar-refractivity contribution in [3.05, 3.63) is 53.4 Å². The van der Waals surface area contributed by atoms with Gasteiger partial charge >= 0.3 is 0 Å². The molecule has 0 unspecified atom stereocenters. The first-order valence-electron chi connectivity index (χ1n) is 5.87. The summed E-state index contributed by atoms with van der Waals surface area (Å²) in [7, 11) is 0. The van der Waals surface area contributed by atoms with Gasteiger partial charge in [0.15, 0.2) is 6.61 Å². The van der Waals surface area contributed by atoms with Crippen LogP contribution >= 0.6 is 11.6 Å². The van der Waals surface area contributed by atoms with E-state index in [1.807, 2.05) is 6.92 Å². The van der Waals surface area contributed by atoms with Gasteiger partial charge in [-0.15, -0.1) is 0 Å². The predicted octanol–water partition coefficient (Wildman–Crippen LogP) is 3.19. The first kappa shape index (κ1) is 13.5. The number of benzene rings is 1. The zero-order valence-electron chi connectivity index (χ0n) is 10.4. The quantitative estimate of drug-likeness (QED) is 0.914. The number of carbonyl (C=O) groups excluding carboxylic acids is 1. The maximum absolute atomic E-state index is 11.7. The van der Waals surface area contributed by atoms with Crippen LogP contribution in [-0.4, -0.2) is 12.5 Å². The minimum absolute atomic E-state index is 0.0885. The van der Waals surface area contributed by atoms with Crippen LogP contribution in [0, 0.1) is 0 Å². The smallest absolute Gasteiger partial charge is 0.258 e. The first-order chi connectivity index (χ1) is 9.16. The third-order valence-corrected chi connectivity index (χ3v) is 2.86. The number of hydrogen-bond acceptors (Lipinski definition) is 3. The fourth-order valence-corrected chi connectivity index (χ4v) is 1.79. The van der Waals surface area contributed by atoms with Crippen LogP contribution in [0.5, 0.6) is 5.75 Å². The summed E-state index contributed by atoms with van der Waals surface area (Å²) in [6, 6.07) is 10.4. The van der Waals surface area contributed by atoms with Gasteiger partial charge in [-0.25, -0.2) is 0 Å². The second-order valence-corrected chi connectivity index (χ2v) is 4.43. The van der Waals surface area contributed by atoms with Gasteiger partial charge in [-0.2, -0.15) is 0 Å². The molecule has 0 saturated heterocycles. The van der Waals surface area contributed by atoms with Crippen molar-refractivity contribution in [3.63, 3.8) is 0 Å². The lowest BCUT2D eigenvalue weighted by molar-refractivity contribution is -0.123. The molecule has 2 rings (SSSR count). The lowest BCUT2D eigenvalue weighted by atomic mass is 10.2. The largest absolute Gasteiger partial charge is 0.482 e. The summed E-state index contributed by atoms with van der Waals surface area (Å²) in [5.74, 6) is 0.958. The maximum Gasteiger partial charge on any atom is 0.258 e. The van der Waals surface area contributed by atoms with Crippen molar-refractivity contribution in [1.29, 1.82) is 0 Å². The summed E-state index contributed by atoms with van der Waals surface area (Å²) < 4.78 is 10.5. The van der Waals surface area contributed by atoms with Crippen molar-refractivity contribution in [1.82, 2.24) is 5.32 Å². The summed E-state index contributed by atoms with van der Waals surface area (Å²) in [4.78, 5) is 11.7. The van der Waals surface area contributed by atoms with Crippen molar-refractivity contribution >= 4 is 17.5 Å². The maximum atomic E-state index is 11.7. The molecule has 1 aromatic heterocycles. The SMILES string of the molecule is C[C@@H](NC(=O)COc1ccccc1Cl)c1ccco1. The number of nitrogens with one attached hydrogen (secondary N) is 1. The summed E-state index contributed by atoms with van der Waals surface area (Å²) in [5, 5.41) is 3.25. The highest BCUT2D eigenvalue weighted by molar-refractivity contribution is 6.32. The lowest BCUT2D eigenvalue weighted by Gasteiger charge is -2.12. The van der Waals surface area contributed by atoms with Crippen LogP contribution in [0.4, 0.5) is 0 Å². The van der Waals surface area contributed by atoms with Gasteiger partial charge in [0.05, 0.1) is 17.3 Å². The van der Waals surface area contributed by atoms with E-state index in [1.165, 1.54) is 0 Å². The Balaban J connectivity index is 1.84. The van der Waals surface area contributed by atoms with Gasteiger partial charge in [0.2, 0.25) is 0 Å². The van der Waals surface area contributed by atoms with Crippen molar-refractivity contribution in [3.8, 4) is 5.75 Å². The molecule has 19 heavy (non-hydrogen) atoms. The lowest BCUT2D eigenvalue weighted by Crippen LogP contribution is -2.31. The Kier molecular flexibility index (Phi) is 4.47. The van der Waals surface area contributed by atoms with E-state index in [-0.39, 0.29) is 18.6 Å². The molecule has 1 amide bonds. The molecule has 0 spiro atoms. The third kappa shape index (κ3) is 3.76. The van der Waals surface area contributed by atoms with Crippen molar-refractivity contribution in [2.75, 3.05) is 6.61 Å². The Labute approximate surface area is 116 Å². The molecule has 1 aromatic carbocycles. The summed E-state index contributed by atoms with van der Waals surface area (Å²) in [6.45, 7) is 1.75. The molecule has 0 radical (unpaired) electrons. The van der Waals surface area contributed by atoms with Gasteiger partial charge in [-0.05, 0) is 31.2 Å². The Hall–Kier alpha value is -1.94. The van der Waals surface area contributed by atoms with E-state index >= 15 is 0 Å². The number of furan rings is 1. The first-order valence-corrected chi connectivity index (χ1v) is 6.24. The van der Waals surface area contributed by atoms with Crippen molar-refractivity contribution in [2.24, 2.45) is 0 Å². The van der Waals surface area contributed by atoms with Gasteiger partial charge in [0, 0.05) is 0 Å². The van der Waals surface area contributed by atoms with Gasteiger partial charge in [-0.1, -0.05) is 23.7 Å². The Morgan fingerprint density at radius 3 is 2.84 bits per heavy atom. The van der Waals surface area contributed by atoms with Crippen LogP contribution in [0.1, 0.15) is 18.7 Å². The molecule has 2 aromatic rings. The van der Waals surface area contributed by atoms with E-state index in [1.54, 1.807) is 42.7 Å². The van der Waals surface area contributed by atoms with E-state index in [9.17, 15) is 4.79 Å². The molecule has 0 aliphatic carbocycles. The highest BCUT2D eigenvalue weighted by Gasteiger charge is 2.12. The zero-order valence-corrected chi connectivity index (χ0v) is 11.2. The monoisotopic (exact) mass is 279 g/mol. The molecule has 1 N–H and O–H groups in total. The molecule has 0 aliphatic rings. The third-order valence-electron chi connectivity index (χ3n) is 2.54. The number of amides is 1. The van der Waals surface area contributed by atoms with Gasteiger partial charge < -0.3 is 14.5 Å². The Morgan fingerprint density at radius 2 is 2.16 bits per heavy atom. The highest BCUT2D eigenvalue weighted by atomic mass is 35.5. The highest BCUT2D eigenvalue weighted by Crippen LogP contribution is 2.22. The normalized spacial score (nSPS) is 11.9. The topological polar surface area (TPSA) is 51.5 Å². The van der Waals surface area contributed by atoms with E-state index in [2.05, 4.69) is 5.32 Å². The molecule has 1 atom stereocenters. The molecular weight excluding hydrogens is 266 g/mol. The number of rotatable bonds is 5. The molecule has 0 bridgehead atoms. The Bertz CT molecular complexity index is 539. The number of halogens is 1. The zero-order chi connectivity index (χ0) is 13.7. The second kappa shape index (κ2) is 6.29. The molecule has 100 valence electrons. The van der Waals surface area contributed by atoms with Gasteiger partial charge in [0.25, 0.3) is 5.91 Å². The summed E-state index contributed by atoms with van der Waals surface area (Å²) >= 11 is 5.92. The van der Waals surface area contributed by atoms with Crippen LogP contribution in [0.25, 0.3) is 0 Å². The predicted molar refractivity (Wildman–Crippen MR) is 72.2 cm³/mol. The van der Waals surface area contributed by atoms with E-state index < -0.39 is 0 Å². The van der Waals surface area contributed by atoms with Crippen molar-refractivity contribution < 1.29 is 13.9 Å².